The summed E-state index contributed by atoms with van der Waals surface area (Å²) in [6.07, 6.45) is 20.7. The van der Waals surface area contributed by atoms with Crippen molar-refractivity contribution in [1.29, 1.82) is 0 Å². The van der Waals surface area contributed by atoms with Crippen LogP contribution in [-0.2, 0) is 14.4 Å². The van der Waals surface area contributed by atoms with Gasteiger partial charge in [-0.15, -0.1) is 0 Å². The fraction of sp³-hybridized carbons (Fsp3) is 0.853. The molecule has 0 aliphatic heterocycles. The van der Waals surface area contributed by atoms with Crippen molar-refractivity contribution in [1.82, 2.24) is 21.3 Å². The number of hydrogen-bond acceptors (Lipinski definition) is 7. The molecule has 0 fully saturated rings. The van der Waals surface area contributed by atoms with Crippen molar-refractivity contribution in [3.05, 3.63) is 0 Å². The van der Waals surface area contributed by atoms with Crippen molar-refractivity contribution in [2.45, 2.75) is 173 Å². The Labute approximate surface area is 295 Å². The van der Waals surface area contributed by atoms with Crippen LogP contribution >= 0.6 is 0 Å². The van der Waals surface area contributed by atoms with E-state index in [1.807, 2.05) is 0 Å². The highest BCUT2D eigenvalue weighted by molar-refractivity contribution is 6.75. The van der Waals surface area contributed by atoms with Gasteiger partial charge in [0.15, 0.2) is 30.1 Å². The quantitative estimate of drug-likeness (QED) is 0.0406. The van der Waals surface area contributed by atoms with Gasteiger partial charge in [0.05, 0.1) is 0 Å². The molecular formula is C34H67N7O5Si2. The number of nitrogens with two attached hydrogens (primary N) is 3. The number of hydrogen-bond donors (Lipinski definition) is 7. The highest BCUT2D eigenvalue weighted by Gasteiger charge is 2.24. The Hall–Kier alpha value is -2.30. The van der Waals surface area contributed by atoms with E-state index in [1.165, 1.54) is 64.2 Å². The van der Waals surface area contributed by atoms with Gasteiger partial charge in [0.2, 0.25) is 17.7 Å². The fourth-order valence-electron chi connectivity index (χ4n) is 5.25. The molecule has 14 heteroatoms. The van der Waals surface area contributed by atoms with Crippen molar-refractivity contribution in [3.8, 4) is 0 Å². The van der Waals surface area contributed by atoms with Gasteiger partial charge >= 0.3 is 0 Å². The summed E-state index contributed by atoms with van der Waals surface area (Å²) in [4.78, 5) is 62.4. The summed E-state index contributed by atoms with van der Waals surface area (Å²) in [5.74, 6) is -1.09. The molecule has 0 aromatic rings. The topological polar surface area (TPSA) is 212 Å². The third-order valence-electron chi connectivity index (χ3n) is 8.14. The first-order valence-corrected chi connectivity index (χ1v) is 20.6. The minimum absolute atomic E-state index is 0.0482. The predicted molar refractivity (Wildman–Crippen MR) is 197 cm³/mol. The van der Waals surface area contributed by atoms with Crippen LogP contribution in [-0.4, -0.2) is 84.3 Å². The molecule has 0 aromatic carbocycles. The zero-order valence-corrected chi connectivity index (χ0v) is 32.1. The highest BCUT2D eigenvalue weighted by atomic mass is 28.2. The van der Waals surface area contributed by atoms with Gasteiger partial charge < -0.3 is 38.5 Å². The number of rotatable bonds is 32. The summed E-state index contributed by atoms with van der Waals surface area (Å²) < 4.78 is 0. The Kier molecular flexibility index (Phi) is 29.3. The van der Waals surface area contributed by atoms with E-state index in [0.717, 1.165) is 38.5 Å². The van der Waals surface area contributed by atoms with E-state index >= 15 is 0 Å². The number of unbranched alkanes of at least 4 members (excludes halogenated alkanes) is 14. The van der Waals surface area contributed by atoms with Gasteiger partial charge in [-0.1, -0.05) is 90.4 Å². The van der Waals surface area contributed by atoms with Crippen LogP contribution in [0, 0.1) is 0 Å². The van der Waals surface area contributed by atoms with Crippen LogP contribution in [0.2, 0.25) is 0 Å². The van der Waals surface area contributed by atoms with E-state index in [2.05, 4.69) is 28.2 Å². The molecule has 5 amide bonds. The molecule has 0 spiro atoms. The van der Waals surface area contributed by atoms with Gasteiger partial charge in [0, 0.05) is 17.8 Å². The lowest BCUT2D eigenvalue weighted by molar-refractivity contribution is -0.123. The number of carbonyl (C=O) groups is 5. The zero-order chi connectivity index (χ0) is 36.0. The monoisotopic (exact) mass is 709 g/mol. The molecule has 0 saturated carbocycles. The Bertz CT molecular complexity index is 900. The van der Waals surface area contributed by atoms with Crippen LogP contribution in [0.3, 0.4) is 0 Å². The first-order chi connectivity index (χ1) is 23.0. The second-order valence-electron chi connectivity index (χ2n) is 12.8. The molecule has 0 heterocycles. The average Bonchev–Trinajstić information content (AvgIpc) is 3.02. The predicted octanol–water partition coefficient (Wildman–Crippen LogP) is 3.70. The van der Waals surface area contributed by atoms with Gasteiger partial charge in [0.1, 0.15) is 12.1 Å². The molecule has 0 aliphatic carbocycles. The summed E-state index contributed by atoms with van der Waals surface area (Å²) in [7, 11) is -0.580. The minimum Gasteiger partial charge on any atom is -0.368 e. The minimum atomic E-state index is -0.832. The zero-order valence-electron chi connectivity index (χ0n) is 30.1. The highest BCUT2D eigenvalue weighted by Crippen LogP contribution is 2.13. The molecule has 276 valence electrons. The Balaban J connectivity index is 4.48. The first kappa shape index (κ1) is 45.7. The Morgan fingerprint density at radius 3 is 1.60 bits per heavy atom. The molecule has 0 aromatic heterocycles. The molecule has 0 saturated heterocycles. The lowest BCUT2D eigenvalue weighted by Crippen LogP contribution is -2.54. The molecule has 10 N–H and O–H groups in total. The van der Waals surface area contributed by atoms with Gasteiger partial charge in [-0.25, -0.2) is 0 Å². The smallest absolute Gasteiger partial charge is 0.242 e. The van der Waals surface area contributed by atoms with Crippen molar-refractivity contribution >= 4 is 47.8 Å². The fourth-order valence-corrected chi connectivity index (χ4v) is 7.32. The largest absolute Gasteiger partial charge is 0.368 e. The molecule has 48 heavy (non-hydrogen) atoms. The Morgan fingerprint density at radius 1 is 0.583 bits per heavy atom. The summed E-state index contributed by atoms with van der Waals surface area (Å²) in [6.45, 7) is 6.53. The van der Waals surface area contributed by atoms with Gasteiger partial charge in [-0.3, -0.25) is 24.0 Å². The van der Waals surface area contributed by atoms with E-state index in [0.29, 0.717) is 38.8 Å². The van der Waals surface area contributed by atoms with E-state index < -0.39 is 29.6 Å². The first-order valence-electron chi connectivity index (χ1n) is 18.5. The van der Waals surface area contributed by atoms with Crippen LogP contribution in [0.1, 0.15) is 149 Å². The van der Waals surface area contributed by atoms with Gasteiger partial charge in [-0.05, 0) is 65.5 Å². The third kappa shape index (κ3) is 26.6. The maximum absolute atomic E-state index is 12.9. The molecular weight excluding hydrogens is 643 g/mol. The molecule has 0 unspecified atom stereocenters. The lowest BCUT2D eigenvalue weighted by atomic mass is 10.0. The molecule has 0 rings (SSSR count). The second-order valence-corrected chi connectivity index (χ2v) is 15.9. The van der Waals surface area contributed by atoms with E-state index in [9.17, 15) is 24.0 Å². The maximum atomic E-state index is 12.9. The Morgan fingerprint density at radius 2 is 1.08 bits per heavy atom. The van der Waals surface area contributed by atoms with Crippen LogP contribution in [0.4, 0.5) is 9.59 Å². The van der Waals surface area contributed by atoms with E-state index in [1.54, 1.807) is 13.8 Å². The summed E-state index contributed by atoms with van der Waals surface area (Å²) in [6, 6.07) is -1.62. The van der Waals surface area contributed by atoms with Crippen molar-refractivity contribution < 1.29 is 24.0 Å². The SMILES string of the molecule is CCCCCCCCCCCCCCCC(=O)N[C@@H](CCCCN)[Si]C(=O)N[C@@H](C)C(=O)N[C@@H](C)[Si]C(=O)N[C@@H](CCCCN)C(N)=O. The second kappa shape index (κ2) is 30.7. The summed E-state index contributed by atoms with van der Waals surface area (Å²) in [5.41, 5.74) is 15.0. The maximum Gasteiger partial charge on any atom is 0.242 e. The van der Waals surface area contributed by atoms with Crippen molar-refractivity contribution in [2.75, 3.05) is 13.1 Å². The van der Waals surface area contributed by atoms with Crippen LogP contribution < -0.4 is 38.5 Å². The van der Waals surface area contributed by atoms with Crippen LogP contribution in [0.25, 0.3) is 0 Å². The normalized spacial score (nSPS) is 13.6. The summed E-state index contributed by atoms with van der Waals surface area (Å²) >= 11 is 0. The number of primary amides is 1. The van der Waals surface area contributed by atoms with E-state index in [4.69, 9.17) is 17.2 Å². The number of nitrogens with one attached hydrogen (secondary N) is 4. The van der Waals surface area contributed by atoms with Gasteiger partial charge in [0.25, 0.3) is 0 Å². The van der Waals surface area contributed by atoms with Crippen molar-refractivity contribution in [2.24, 2.45) is 17.2 Å². The van der Waals surface area contributed by atoms with Crippen LogP contribution in [0.15, 0.2) is 0 Å². The molecule has 4 radical (unpaired) electrons. The van der Waals surface area contributed by atoms with E-state index in [-0.39, 0.29) is 41.7 Å². The molecule has 12 nitrogen and oxygen atoms in total. The standard InChI is InChI=1S/C34H67N7O5Si2/c1-4-5-6-7-8-9-10-11-12-13-14-15-16-22-29(42)41-30(23-18-20-25-36)48-33(45)38-26(2)32(44)39-27(3)47-34(46)40-28(31(37)43)21-17-19-24-35/h26-28,30H,4-25,35-36H2,1-3H3,(H2,37,43)(H,38,45)(H,39,44)(H,40,46)(H,41,42)/t26-,27+,28-,30+/m0/s1. The third-order valence-corrected chi connectivity index (χ3v) is 10.3. The van der Waals surface area contributed by atoms with Crippen molar-refractivity contribution in [3.63, 3.8) is 0 Å². The number of carbonyl (C=O) groups excluding carboxylic acids is 5. The molecule has 4 atom stereocenters. The summed E-state index contributed by atoms with van der Waals surface area (Å²) in [5, 5.41) is 11.1. The molecule has 0 bridgehead atoms. The lowest BCUT2D eigenvalue weighted by Gasteiger charge is -2.21. The van der Waals surface area contributed by atoms with Crippen LogP contribution in [0.5, 0.6) is 0 Å². The average molecular weight is 710 g/mol. The molecule has 0 aliphatic rings. The van der Waals surface area contributed by atoms with Gasteiger partial charge in [-0.2, -0.15) is 0 Å². The number of amides is 5.